The highest BCUT2D eigenvalue weighted by atomic mass is 19.4. The van der Waals surface area contributed by atoms with Crippen LogP contribution in [0.4, 0.5) is 24.5 Å². The summed E-state index contributed by atoms with van der Waals surface area (Å²) in [7, 11) is 3.07. The first-order valence-electron chi connectivity index (χ1n) is 11.1. The molecule has 0 radical (unpaired) electrons. The van der Waals surface area contributed by atoms with Crippen molar-refractivity contribution in [3.05, 3.63) is 77.4 Å². The second-order valence-corrected chi connectivity index (χ2v) is 7.58. The van der Waals surface area contributed by atoms with Gasteiger partial charge in [-0.3, -0.25) is 9.59 Å². The zero-order valence-electron chi connectivity index (χ0n) is 20.9. The van der Waals surface area contributed by atoms with Crippen molar-refractivity contribution in [1.29, 1.82) is 0 Å². The quantitative estimate of drug-likeness (QED) is 0.230. The summed E-state index contributed by atoms with van der Waals surface area (Å²) in [6, 6.07) is 16.3. The van der Waals surface area contributed by atoms with Gasteiger partial charge in [0.15, 0.2) is 5.78 Å². The Hall–Kier alpha value is -4.78. The van der Waals surface area contributed by atoms with Crippen molar-refractivity contribution in [3.8, 4) is 17.2 Å². The fourth-order valence-electron chi connectivity index (χ4n) is 3.08. The Morgan fingerprint density at radius 3 is 2.05 bits per heavy atom. The molecule has 0 heterocycles. The molecule has 208 valence electrons. The molecule has 10 nitrogen and oxygen atoms in total. The number of anilines is 2. The Balaban J connectivity index is 0.000000673. The molecule has 3 aromatic carbocycles. The number of hydrogen-bond donors (Lipinski definition) is 4. The number of nitrogen functional groups attached to an aromatic ring is 1. The van der Waals surface area contributed by atoms with Crippen LogP contribution in [0.25, 0.3) is 0 Å². The van der Waals surface area contributed by atoms with Crippen molar-refractivity contribution >= 4 is 29.0 Å². The van der Waals surface area contributed by atoms with Gasteiger partial charge in [0.25, 0.3) is 5.91 Å². The lowest BCUT2D eigenvalue weighted by atomic mass is 9.99. The average Bonchev–Trinajstić information content (AvgIpc) is 2.92. The van der Waals surface area contributed by atoms with Gasteiger partial charge in [0.05, 0.1) is 31.2 Å². The molecule has 0 saturated carbocycles. The van der Waals surface area contributed by atoms with Crippen molar-refractivity contribution in [2.75, 3.05) is 38.4 Å². The van der Waals surface area contributed by atoms with Gasteiger partial charge in [-0.15, -0.1) is 0 Å². The predicted octanol–water partition coefficient (Wildman–Crippen LogP) is 3.74. The van der Waals surface area contributed by atoms with Crippen LogP contribution in [0, 0.1) is 0 Å². The fraction of sp³-hybridized carbons (Fsp3) is 0.192. The number of carbonyl (C=O) groups excluding carboxylic acids is 2. The van der Waals surface area contributed by atoms with Gasteiger partial charge in [-0.05, 0) is 48.5 Å². The normalized spacial score (nSPS) is 10.5. The van der Waals surface area contributed by atoms with E-state index in [1.807, 2.05) is 0 Å². The highest BCUT2D eigenvalue weighted by molar-refractivity contribution is 6.18. The molecule has 13 heteroatoms. The van der Waals surface area contributed by atoms with Gasteiger partial charge in [-0.25, -0.2) is 4.79 Å². The Kier molecular flexibility index (Phi) is 10.7. The van der Waals surface area contributed by atoms with E-state index in [2.05, 4.69) is 5.32 Å². The van der Waals surface area contributed by atoms with E-state index in [9.17, 15) is 22.8 Å². The number of ether oxygens (including phenoxy) is 3. The molecule has 0 aromatic heterocycles. The third kappa shape index (κ3) is 8.36. The number of ketones is 1. The van der Waals surface area contributed by atoms with Crippen LogP contribution in [0.3, 0.4) is 0 Å². The van der Waals surface area contributed by atoms with Crippen molar-refractivity contribution in [1.82, 2.24) is 0 Å². The molecule has 0 fully saturated rings. The molecule has 0 aliphatic heterocycles. The van der Waals surface area contributed by atoms with Gasteiger partial charge in [-0.1, -0.05) is 6.07 Å². The van der Waals surface area contributed by atoms with E-state index in [-0.39, 0.29) is 35.9 Å². The summed E-state index contributed by atoms with van der Waals surface area (Å²) in [5.74, 6) is -2.04. The number of nitrogens with two attached hydrogens (primary N) is 2. The van der Waals surface area contributed by atoms with E-state index in [0.717, 1.165) is 0 Å². The molecular formula is C26H26F3N3O7. The second-order valence-electron chi connectivity index (χ2n) is 7.58. The lowest BCUT2D eigenvalue weighted by Gasteiger charge is -2.16. The van der Waals surface area contributed by atoms with Gasteiger partial charge in [0.2, 0.25) is 0 Å². The number of carboxylic acids is 1. The molecule has 0 saturated heterocycles. The maximum atomic E-state index is 13.4. The summed E-state index contributed by atoms with van der Waals surface area (Å²) in [4.78, 5) is 35.1. The number of benzene rings is 3. The monoisotopic (exact) mass is 549 g/mol. The fourth-order valence-corrected chi connectivity index (χ4v) is 3.08. The second kappa shape index (κ2) is 13.7. The minimum Gasteiger partial charge on any atom is -0.497 e. The zero-order chi connectivity index (χ0) is 29.2. The molecule has 0 spiro atoms. The first kappa shape index (κ1) is 30.4. The topological polar surface area (TPSA) is 163 Å². The molecule has 1 amide bonds. The van der Waals surface area contributed by atoms with E-state index in [1.54, 1.807) is 67.8 Å². The van der Waals surface area contributed by atoms with E-state index < -0.39 is 18.1 Å². The zero-order valence-corrected chi connectivity index (χ0v) is 20.9. The molecular weight excluding hydrogens is 523 g/mol. The molecule has 3 rings (SSSR count). The minimum atomic E-state index is -5.08. The van der Waals surface area contributed by atoms with Crippen molar-refractivity contribution in [2.45, 2.75) is 6.18 Å². The molecule has 6 N–H and O–H groups in total. The number of para-hydroxylation sites is 1. The molecule has 39 heavy (non-hydrogen) atoms. The maximum Gasteiger partial charge on any atom is 0.490 e. The number of amides is 1. The first-order chi connectivity index (χ1) is 18.4. The van der Waals surface area contributed by atoms with Gasteiger partial charge in [-0.2, -0.15) is 13.2 Å². The highest BCUT2D eigenvalue weighted by Crippen LogP contribution is 2.32. The molecule has 0 aliphatic carbocycles. The third-order valence-corrected chi connectivity index (χ3v) is 4.98. The predicted molar refractivity (Wildman–Crippen MR) is 136 cm³/mol. The van der Waals surface area contributed by atoms with Gasteiger partial charge in [0.1, 0.15) is 23.9 Å². The summed E-state index contributed by atoms with van der Waals surface area (Å²) < 4.78 is 47.7. The number of rotatable bonds is 9. The van der Waals surface area contributed by atoms with E-state index in [0.29, 0.717) is 28.4 Å². The lowest BCUT2D eigenvalue weighted by molar-refractivity contribution is -0.192. The summed E-state index contributed by atoms with van der Waals surface area (Å²) >= 11 is 0. The van der Waals surface area contributed by atoms with E-state index in [4.69, 9.17) is 35.6 Å². The molecule has 0 unspecified atom stereocenters. The van der Waals surface area contributed by atoms with Crippen molar-refractivity contribution in [2.24, 2.45) is 5.73 Å². The summed E-state index contributed by atoms with van der Waals surface area (Å²) in [6.07, 6.45) is -5.08. The smallest absolute Gasteiger partial charge is 0.490 e. The Bertz CT molecular complexity index is 1310. The molecule has 3 aromatic rings. The number of methoxy groups -OCH3 is 2. The van der Waals surface area contributed by atoms with Crippen LogP contribution >= 0.6 is 0 Å². The van der Waals surface area contributed by atoms with E-state index >= 15 is 0 Å². The number of alkyl halides is 3. The number of carboxylic acid groups (broad SMARTS) is 1. The van der Waals surface area contributed by atoms with Crippen LogP contribution < -0.4 is 31.0 Å². The summed E-state index contributed by atoms with van der Waals surface area (Å²) in [5.41, 5.74) is 13.1. The highest BCUT2D eigenvalue weighted by Gasteiger charge is 2.38. The Morgan fingerprint density at radius 2 is 1.51 bits per heavy atom. The van der Waals surface area contributed by atoms with Crippen LogP contribution in [-0.4, -0.2) is 56.3 Å². The number of halogens is 3. The maximum absolute atomic E-state index is 13.4. The SMILES string of the molecule is COc1ccc(C(=O)Nc2c(N)cccc2C(=O)c2ccc(OC)cc2OCCN)cc1.O=C(O)C(F)(F)F. The van der Waals surface area contributed by atoms with Crippen molar-refractivity contribution in [3.63, 3.8) is 0 Å². The molecule has 0 aliphatic rings. The number of nitrogens with one attached hydrogen (secondary N) is 1. The standard InChI is InChI=1S/C24H25N3O5.C2HF3O2/c1-30-16-8-6-15(7-9-16)24(29)27-22-19(4-3-5-20(22)26)23(28)18-11-10-17(31-2)14-21(18)32-13-12-25;3-2(4,5)1(6)7/h3-11,14H,12-13,25-26H2,1-2H3,(H,27,29);(H,6,7). The molecule has 0 bridgehead atoms. The number of hydrogen-bond acceptors (Lipinski definition) is 8. The van der Waals surface area contributed by atoms with Crippen LogP contribution in [-0.2, 0) is 4.79 Å². The average molecular weight is 550 g/mol. The Morgan fingerprint density at radius 1 is 0.923 bits per heavy atom. The lowest BCUT2D eigenvalue weighted by Crippen LogP contribution is -2.21. The third-order valence-electron chi connectivity index (χ3n) is 4.98. The number of aliphatic carboxylic acids is 1. The largest absolute Gasteiger partial charge is 0.497 e. The van der Waals surface area contributed by atoms with Crippen molar-refractivity contribution < 1.29 is 46.9 Å². The summed E-state index contributed by atoms with van der Waals surface area (Å²) in [6.45, 7) is 0.512. The van der Waals surface area contributed by atoms with Gasteiger partial charge in [0, 0.05) is 23.7 Å². The minimum absolute atomic E-state index is 0.221. The summed E-state index contributed by atoms with van der Waals surface area (Å²) in [5, 5.41) is 9.88. The van der Waals surface area contributed by atoms with Crippen LogP contribution in [0.2, 0.25) is 0 Å². The van der Waals surface area contributed by atoms with Gasteiger partial charge >= 0.3 is 12.1 Å². The first-order valence-corrected chi connectivity index (χ1v) is 11.1. The van der Waals surface area contributed by atoms with Gasteiger partial charge < -0.3 is 36.1 Å². The number of carbonyl (C=O) groups is 3. The van der Waals surface area contributed by atoms with Crippen LogP contribution in [0.1, 0.15) is 26.3 Å². The Labute approximate surface area is 221 Å². The molecule has 0 atom stereocenters. The van der Waals surface area contributed by atoms with Crippen LogP contribution in [0.15, 0.2) is 60.7 Å². The van der Waals surface area contributed by atoms with E-state index in [1.165, 1.54) is 7.11 Å². The van der Waals surface area contributed by atoms with Crippen LogP contribution in [0.5, 0.6) is 17.2 Å².